The molecule has 0 unspecified atom stereocenters. The summed E-state index contributed by atoms with van der Waals surface area (Å²) in [7, 11) is 0. The monoisotopic (exact) mass is 290 g/mol. The van der Waals surface area contributed by atoms with E-state index in [4.69, 9.17) is 16.6 Å². The summed E-state index contributed by atoms with van der Waals surface area (Å²) in [6.07, 6.45) is 3.36. The van der Waals surface area contributed by atoms with E-state index in [9.17, 15) is 0 Å². The van der Waals surface area contributed by atoms with Crippen LogP contribution in [0.4, 0.5) is 0 Å². The van der Waals surface area contributed by atoms with Gasteiger partial charge >= 0.3 is 0 Å². The van der Waals surface area contributed by atoms with Crippen molar-refractivity contribution in [1.29, 1.82) is 0 Å². The highest BCUT2D eigenvalue weighted by Gasteiger charge is 2.10. The van der Waals surface area contributed by atoms with E-state index in [1.807, 2.05) is 24.4 Å². The maximum Gasteiger partial charge on any atom is 0.219 e. The molecule has 0 saturated heterocycles. The van der Waals surface area contributed by atoms with E-state index < -0.39 is 0 Å². The normalized spacial score (nSPS) is 11.4. The minimum Gasteiger partial charge on any atom is -0.461 e. The Morgan fingerprint density at radius 2 is 2.42 bits per heavy atom. The molecule has 0 aromatic carbocycles. The summed E-state index contributed by atoms with van der Waals surface area (Å²) < 4.78 is 7.29. The molecule has 0 fully saturated rings. The van der Waals surface area contributed by atoms with Crippen LogP contribution in [-0.2, 0) is 0 Å². The molecule has 5 nitrogen and oxygen atoms in total. The van der Waals surface area contributed by atoms with Crippen LogP contribution >= 0.6 is 23.6 Å². The van der Waals surface area contributed by atoms with Crippen LogP contribution in [0.1, 0.15) is 10.4 Å². The van der Waals surface area contributed by atoms with Gasteiger partial charge in [-0.1, -0.05) is 0 Å². The highest BCUT2D eigenvalue weighted by molar-refractivity contribution is 7.71. The lowest BCUT2D eigenvalue weighted by Crippen LogP contribution is -1.93. The molecule has 19 heavy (non-hydrogen) atoms. The van der Waals surface area contributed by atoms with Crippen LogP contribution in [0.3, 0.4) is 0 Å². The Morgan fingerprint density at radius 1 is 1.53 bits per heavy atom. The third-order valence-electron chi connectivity index (χ3n) is 2.58. The van der Waals surface area contributed by atoms with E-state index in [0.29, 0.717) is 16.4 Å². The first kappa shape index (κ1) is 12.1. The summed E-state index contributed by atoms with van der Waals surface area (Å²) in [5, 5.41) is 13.2. The number of aromatic nitrogens is 3. The van der Waals surface area contributed by atoms with Gasteiger partial charge in [0.25, 0.3) is 0 Å². The van der Waals surface area contributed by atoms with E-state index >= 15 is 0 Å². The Balaban J connectivity index is 2.02. The molecular formula is C12H10N4OS2. The topological polar surface area (TPSA) is 59.1 Å². The van der Waals surface area contributed by atoms with Gasteiger partial charge in [0.1, 0.15) is 0 Å². The fraction of sp³-hybridized carbons (Fsp3) is 0.0833. The van der Waals surface area contributed by atoms with Crippen LogP contribution in [0.25, 0.3) is 11.6 Å². The van der Waals surface area contributed by atoms with Gasteiger partial charge in [-0.15, -0.1) is 16.4 Å². The first-order valence-corrected chi connectivity index (χ1v) is 6.84. The minimum atomic E-state index is 0.428. The second-order valence-corrected chi connectivity index (χ2v) is 5.19. The molecule has 1 N–H and O–H groups in total. The van der Waals surface area contributed by atoms with E-state index in [2.05, 4.69) is 15.3 Å². The molecule has 0 saturated carbocycles. The molecule has 0 bridgehead atoms. The van der Waals surface area contributed by atoms with Crippen LogP contribution in [0.2, 0.25) is 0 Å². The van der Waals surface area contributed by atoms with Gasteiger partial charge in [0.2, 0.25) is 10.6 Å². The molecule has 3 rings (SSSR count). The van der Waals surface area contributed by atoms with Gasteiger partial charge in [-0.25, -0.2) is 5.10 Å². The van der Waals surface area contributed by atoms with Gasteiger partial charge in [-0.3, -0.25) is 0 Å². The predicted molar refractivity (Wildman–Crippen MR) is 77.2 cm³/mol. The highest BCUT2D eigenvalue weighted by atomic mass is 32.1. The highest BCUT2D eigenvalue weighted by Crippen LogP contribution is 2.18. The van der Waals surface area contributed by atoms with Crippen molar-refractivity contribution in [2.75, 3.05) is 0 Å². The van der Waals surface area contributed by atoms with Crippen LogP contribution in [-0.4, -0.2) is 21.1 Å². The Kier molecular flexibility index (Phi) is 3.14. The number of nitrogens with zero attached hydrogens (tertiary/aromatic N) is 3. The molecule has 0 aliphatic carbocycles. The second-order valence-electron chi connectivity index (χ2n) is 3.85. The summed E-state index contributed by atoms with van der Waals surface area (Å²) in [6.45, 7) is 2.04. The number of rotatable bonds is 3. The lowest BCUT2D eigenvalue weighted by molar-refractivity contribution is 0.573. The van der Waals surface area contributed by atoms with Crippen LogP contribution in [0, 0.1) is 11.7 Å². The molecule has 0 spiro atoms. The number of aromatic amines is 1. The number of furan rings is 1. The van der Waals surface area contributed by atoms with Crippen molar-refractivity contribution in [3.8, 4) is 11.6 Å². The second kappa shape index (κ2) is 4.94. The lowest BCUT2D eigenvalue weighted by Gasteiger charge is -1.96. The maximum atomic E-state index is 5.31. The average Bonchev–Trinajstić information content (AvgIpc) is 3.09. The number of nitrogens with one attached hydrogen (secondary N) is 1. The molecule has 0 atom stereocenters. The standard InChI is InChI=1S/C12H10N4OS2/c1-8-4-6-19-10(8)7-13-16-11(14-15-12(16)18)9-3-2-5-17-9/h2-7H,1H3,(H,15,18)/b13-7-. The van der Waals surface area contributed by atoms with Crippen molar-refractivity contribution in [3.63, 3.8) is 0 Å². The van der Waals surface area contributed by atoms with Gasteiger partial charge in [0, 0.05) is 0 Å². The van der Waals surface area contributed by atoms with Crippen molar-refractivity contribution < 1.29 is 4.42 Å². The van der Waals surface area contributed by atoms with Crippen LogP contribution < -0.4 is 0 Å². The van der Waals surface area contributed by atoms with Crippen molar-refractivity contribution in [2.45, 2.75) is 6.92 Å². The predicted octanol–water partition coefficient (Wildman–Crippen LogP) is 3.45. The van der Waals surface area contributed by atoms with E-state index in [1.54, 1.807) is 34.6 Å². The molecule has 7 heteroatoms. The zero-order valence-electron chi connectivity index (χ0n) is 10.0. The Hall–Kier alpha value is -1.99. The lowest BCUT2D eigenvalue weighted by atomic mass is 10.3. The third-order valence-corrected chi connectivity index (χ3v) is 3.80. The minimum absolute atomic E-state index is 0.428. The van der Waals surface area contributed by atoms with Crippen molar-refractivity contribution in [1.82, 2.24) is 14.9 Å². The van der Waals surface area contributed by atoms with Crippen molar-refractivity contribution in [3.05, 3.63) is 45.1 Å². The van der Waals surface area contributed by atoms with Gasteiger partial charge in [-0.05, 0) is 48.3 Å². The number of hydrogen-bond donors (Lipinski definition) is 1. The zero-order chi connectivity index (χ0) is 13.2. The molecular weight excluding hydrogens is 280 g/mol. The summed E-state index contributed by atoms with van der Waals surface area (Å²) in [6, 6.07) is 5.66. The molecule has 3 aromatic rings. The first-order chi connectivity index (χ1) is 9.25. The van der Waals surface area contributed by atoms with E-state index in [1.165, 1.54) is 5.56 Å². The van der Waals surface area contributed by atoms with Gasteiger partial charge in [0.05, 0.1) is 17.4 Å². The average molecular weight is 290 g/mol. The molecule has 3 heterocycles. The van der Waals surface area contributed by atoms with Gasteiger partial charge in [0.15, 0.2) is 5.76 Å². The number of thiophene rings is 1. The summed E-state index contributed by atoms with van der Waals surface area (Å²) in [5.74, 6) is 1.17. The number of aryl methyl sites for hydroxylation is 1. The van der Waals surface area contributed by atoms with Crippen molar-refractivity contribution >= 4 is 29.8 Å². The molecule has 96 valence electrons. The van der Waals surface area contributed by atoms with Gasteiger partial charge in [-0.2, -0.15) is 9.78 Å². The number of H-pyrrole nitrogens is 1. The molecule has 0 aliphatic rings. The largest absolute Gasteiger partial charge is 0.461 e. The SMILES string of the molecule is Cc1ccsc1/C=N\n1c(-c2ccco2)n[nH]c1=S. The fourth-order valence-electron chi connectivity index (χ4n) is 1.59. The quantitative estimate of drug-likeness (QED) is 0.593. The third kappa shape index (κ3) is 2.29. The zero-order valence-corrected chi connectivity index (χ0v) is 11.7. The van der Waals surface area contributed by atoms with Crippen LogP contribution in [0.15, 0.2) is 39.4 Å². The fourth-order valence-corrected chi connectivity index (χ4v) is 2.55. The molecule has 0 radical (unpaired) electrons. The first-order valence-electron chi connectivity index (χ1n) is 5.55. The van der Waals surface area contributed by atoms with E-state index in [0.717, 1.165) is 4.88 Å². The Labute approximate surface area is 118 Å². The molecule has 3 aromatic heterocycles. The Bertz CT molecular complexity index is 764. The maximum absolute atomic E-state index is 5.31. The molecule has 0 aliphatic heterocycles. The summed E-state index contributed by atoms with van der Waals surface area (Å²) in [4.78, 5) is 1.09. The van der Waals surface area contributed by atoms with E-state index in [-0.39, 0.29) is 0 Å². The number of hydrogen-bond acceptors (Lipinski definition) is 5. The Morgan fingerprint density at radius 3 is 3.11 bits per heavy atom. The van der Waals surface area contributed by atoms with Gasteiger partial charge < -0.3 is 4.42 Å². The smallest absolute Gasteiger partial charge is 0.219 e. The van der Waals surface area contributed by atoms with Crippen LogP contribution in [0.5, 0.6) is 0 Å². The summed E-state index contributed by atoms with van der Waals surface area (Å²) in [5.41, 5.74) is 1.18. The summed E-state index contributed by atoms with van der Waals surface area (Å²) >= 11 is 6.80. The van der Waals surface area contributed by atoms with Crippen molar-refractivity contribution in [2.24, 2.45) is 5.10 Å². The molecule has 0 amide bonds.